The van der Waals surface area contributed by atoms with E-state index in [1.807, 2.05) is 23.9 Å². The summed E-state index contributed by atoms with van der Waals surface area (Å²) in [6, 6.07) is 5.62. The van der Waals surface area contributed by atoms with Gasteiger partial charge < -0.3 is 9.64 Å². The highest BCUT2D eigenvalue weighted by molar-refractivity contribution is 6.29. The van der Waals surface area contributed by atoms with Crippen molar-refractivity contribution in [2.75, 3.05) is 6.61 Å². The van der Waals surface area contributed by atoms with Crippen LogP contribution < -0.4 is 0 Å². The van der Waals surface area contributed by atoms with Gasteiger partial charge in [-0.15, -0.1) is 0 Å². The number of nitrogens with zero attached hydrogens (tertiary/aromatic N) is 4. The predicted octanol–water partition coefficient (Wildman–Crippen LogP) is 1.91. The standard InChI is InChI=1S/C15H15ClN4O2/c1-19-12(4-5-18-19)9-20(13-6-15(21)22-10-13)8-11-2-3-14(16)17-7-11/h2-7H,8-10H2,1H3. The molecule has 0 aliphatic carbocycles. The zero-order valence-electron chi connectivity index (χ0n) is 12.1. The van der Waals surface area contributed by atoms with E-state index in [-0.39, 0.29) is 12.6 Å². The maximum Gasteiger partial charge on any atom is 0.333 e. The molecule has 0 atom stereocenters. The van der Waals surface area contributed by atoms with E-state index in [2.05, 4.69) is 15.0 Å². The maximum absolute atomic E-state index is 11.4. The molecule has 6 nitrogen and oxygen atoms in total. The molecule has 1 aliphatic rings. The first-order valence-electron chi connectivity index (χ1n) is 6.81. The Morgan fingerprint density at radius 2 is 2.23 bits per heavy atom. The number of carbonyl (C=O) groups is 1. The molecule has 0 bridgehead atoms. The lowest BCUT2D eigenvalue weighted by atomic mass is 10.2. The summed E-state index contributed by atoms with van der Waals surface area (Å²) in [5, 5.41) is 4.63. The van der Waals surface area contributed by atoms with Gasteiger partial charge in [0.15, 0.2) is 0 Å². The van der Waals surface area contributed by atoms with Crippen molar-refractivity contribution in [3.63, 3.8) is 0 Å². The lowest BCUT2D eigenvalue weighted by Gasteiger charge is -2.25. The number of esters is 1. The Kier molecular flexibility index (Phi) is 4.11. The molecule has 0 fully saturated rings. The monoisotopic (exact) mass is 318 g/mol. The molecule has 0 N–H and O–H groups in total. The van der Waals surface area contributed by atoms with Gasteiger partial charge >= 0.3 is 5.97 Å². The third-order valence-corrected chi connectivity index (χ3v) is 3.71. The van der Waals surface area contributed by atoms with E-state index in [4.69, 9.17) is 16.3 Å². The summed E-state index contributed by atoms with van der Waals surface area (Å²) in [5.74, 6) is -0.306. The fraction of sp³-hybridized carbons (Fsp3) is 0.267. The van der Waals surface area contributed by atoms with Crippen LogP contribution in [0.2, 0.25) is 5.15 Å². The Bertz CT molecular complexity index is 709. The number of pyridine rings is 1. The van der Waals surface area contributed by atoms with E-state index >= 15 is 0 Å². The number of halogens is 1. The molecule has 0 amide bonds. The molecule has 0 spiro atoms. The molecule has 114 valence electrons. The fourth-order valence-electron chi connectivity index (χ4n) is 2.28. The minimum atomic E-state index is -0.306. The van der Waals surface area contributed by atoms with E-state index < -0.39 is 0 Å². The molecule has 22 heavy (non-hydrogen) atoms. The topological polar surface area (TPSA) is 60.2 Å². The third-order valence-electron chi connectivity index (χ3n) is 3.49. The van der Waals surface area contributed by atoms with Crippen LogP contribution in [0.5, 0.6) is 0 Å². The van der Waals surface area contributed by atoms with Crippen molar-refractivity contribution in [2.24, 2.45) is 7.05 Å². The van der Waals surface area contributed by atoms with Crippen LogP contribution in [-0.4, -0.2) is 32.2 Å². The highest BCUT2D eigenvalue weighted by atomic mass is 35.5. The second-order valence-corrected chi connectivity index (χ2v) is 5.42. The van der Waals surface area contributed by atoms with Crippen molar-refractivity contribution < 1.29 is 9.53 Å². The quantitative estimate of drug-likeness (QED) is 0.622. The first-order chi connectivity index (χ1) is 10.6. The SMILES string of the molecule is Cn1nccc1CN(Cc1ccc(Cl)nc1)C1=CC(=O)OC1. The number of aromatic nitrogens is 3. The summed E-state index contributed by atoms with van der Waals surface area (Å²) < 4.78 is 6.83. The minimum Gasteiger partial charge on any atom is -0.456 e. The van der Waals surface area contributed by atoms with Gasteiger partial charge in [0.05, 0.1) is 17.9 Å². The fourth-order valence-corrected chi connectivity index (χ4v) is 2.39. The highest BCUT2D eigenvalue weighted by Gasteiger charge is 2.20. The zero-order valence-corrected chi connectivity index (χ0v) is 12.8. The molecule has 0 saturated carbocycles. The molecule has 0 saturated heterocycles. The molecule has 0 radical (unpaired) electrons. The van der Waals surface area contributed by atoms with E-state index in [9.17, 15) is 4.79 Å². The number of carbonyl (C=O) groups excluding carboxylic acids is 1. The van der Waals surface area contributed by atoms with Gasteiger partial charge in [-0.25, -0.2) is 9.78 Å². The number of hydrogen-bond donors (Lipinski definition) is 0. The van der Waals surface area contributed by atoms with Crippen molar-refractivity contribution in [3.05, 3.63) is 58.8 Å². The Morgan fingerprint density at radius 1 is 1.36 bits per heavy atom. The maximum atomic E-state index is 11.4. The smallest absolute Gasteiger partial charge is 0.333 e. The lowest BCUT2D eigenvalue weighted by Crippen LogP contribution is -2.24. The summed E-state index contributed by atoms with van der Waals surface area (Å²) in [6.45, 7) is 1.52. The number of ether oxygens (including phenoxy) is 1. The van der Waals surface area contributed by atoms with Crippen molar-refractivity contribution in [2.45, 2.75) is 13.1 Å². The van der Waals surface area contributed by atoms with Crippen LogP contribution in [0.3, 0.4) is 0 Å². The van der Waals surface area contributed by atoms with Gasteiger partial charge in [-0.3, -0.25) is 4.68 Å². The molecule has 7 heteroatoms. The van der Waals surface area contributed by atoms with E-state index in [1.54, 1.807) is 18.5 Å². The summed E-state index contributed by atoms with van der Waals surface area (Å²) in [7, 11) is 1.89. The van der Waals surface area contributed by atoms with E-state index in [0.717, 1.165) is 17.0 Å². The van der Waals surface area contributed by atoms with Gasteiger partial charge in [0, 0.05) is 32.1 Å². The molecule has 2 aromatic rings. The average Bonchev–Trinajstić information content (AvgIpc) is 3.10. The van der Waals surface area contributed by atoms with Crippen molar-refractivity contribution >= 4 is 17.6 Å². The van der Waals surface area contributed by atoms with Crippen LogP contribution >= 0.6 is 11.6 Å². The molecular weight excluding hydrogens is 304 g/mol. The van der Waals surface area contributed by atoms with Crippen LogP contribution in [0.15, 0.2) is 42.4 Å². The largest absolute Gasteiger partial charge is 0.456 e. The summed E-state index contributed by atoms with van der Waals surface area (Å²) in [4.78, 5) is 17.5. The Balaban J connectivity index is 1.82. The lowest BCUT2D eigenvalue weighted by molar-refractivity contribution is -0.135. The zero-order chi connectivity index (χ0) is 15.5. The predicted molar refractivity (Wildman–Crippen MR) is 80.7 cm³/mol. The van der Waals surface area contributed by atoms with Crippen LogP contribution in [0.25, 0.3) is 0 Å². The number of hydrogen-bond acceptors (Lipinski definition) is 5. The van der Waals surface area contributed by atoms with Gasteiger partial charge in [-0.2, -0.15) is 5.10 Å². The Hall–Kier alpha value is -2.34. The van der Waals surface area contributed by atoms with Crippen LogP contribution in [-0.2, 0) is 29.7 Å². The molecule has 3 heterocycles. The average molecular weight is 319 g/mol. The normalized spacial score (nSPS) is 13.9. The Morgan fingerprint density at radius 3 is 2.82 bits per heavy atom. The molecule has 1 aliphatic heterocycles. The summed E-state index contributed by atoms with van der Waals surface area (Å²) in [5.41, 5.74) is 2.90. The number of aryl methyl sites for hydroxylation is 1. The van der Waals surface area contributed by atoms with Crippen LogP contribution in [0.4, 0.5) is 0 Å². The van der Waals surface area contributed by atoms with Crippen molar-refractivity contribution in [1.29, 1.82) is 0 Å². The highest BCUT2D eigenvalue weighted by Crippen LogP contribution is 2.19. The third kappa shape index (κ3) is 3.28. The van der Waals surface area contributed by atoms with Gasteiger partial charge in [0.1, 0.15) is 11.8 Å². The number of cyclic esters (lactones) is 1. The second kappa shape index (κ2) is 6.19. The first-order valence-corrected chi connectivity index (χ1v) is 7.19. The van der Waals surface area contributed by atoms with Crippen LogP contribution in [0, 0.1) is 0 Å². The van der Waals surface area contributed by atoms with Crippen molar-refractivity contribution in [1.82, 2.24) is 19.7 Å². The van der Waals surface area contributed by atoms with Gasteiger partial charge in [0.25, 0.3) is 0 Å². The van der Waals surface area contributed by atoms with Gasteiger partial charge in [-0.1, -0.05) is 17.7 Å². The van der Waals surface area contributed by atoms with E-state index in [1.165, 1.54) is 6.08 Å². The second-order valence-electron chi connectivity index (χ2n) is 5.03. The minimum absolute atomic E-state index is 0.289. The molecule has 3 rings (SSSR count). The number of rotatable bonds is 5. The van der Waals surface area contributed by atoms with Crippen molar-refractivity contribution in [3.8, 4) is 0 Å². The van der Waals surface area contributed by atoms with Gasteiger partial charge in [0.2, 0.25) is 0 Å². The molecule has 2 aromatic heterocycles. The first kappa shape index (κ1) is 14.6. The van der Waals surface area contributed by atoms with Crippen LogP contribution in [0.1, 0.15) is 11.3 Å². The molecule has 0 unspecified atom stereocenters. The Labute approximate surface area is 133 Å². The van der Waals surface area contributed by atoms with Gasteiger partial charge in [-0.05, 0) is 17.7 Å². The summed E-state index contributed by atoms with van der Waals surface area (Å²) in [6.07, 6.45) is 5.01. The molecular formula is C15H15ClN4O2. The van der Waals surface area contributed by atoms with E-state index in [0.29, 0.717) is 18.2 Å². The summed E-state index contributed by atoms with van der Waals surface area (Å²) >= 11 is 5.82. The molecule has 0 aromatic carbocycles.